The lowest BCUT2D eigenvalue weighted by Crippen LogP contribution is -2.06. The van der Waals surface area contributed by atoms with Gasteiger partial charge in [-0.1, -0.05) is 28.1 Å². The second-order valence-corrected chi connectivity index (χ2v) is 6.91. The van der Waals surface area contributed by atoms with Crippen molar-refractivity contribution in [3.8, 4) is 5.75 Å². The molecule has 0 bridgehead atoms. The number of aryl methyl sites for hydroxylation is 1. The molecule has 0 saturated carbocycles. The Morgan fingerprint density at radius 2 is 2.04 bits per heavy atom. The van der Waals surface area contributed by atoms with Crippen LogP contribution in [0.5, 0.6) is 5.75 Å². The van der Waals surface area contributed by atoms with Crippen molar-refractivity contribution in [1.82, 2.24) is 9.66 Å². The average Bonchev–Trinajstić information content (AvgIpc) is 2.96. The molecule has 0 aliphatic carbocycles. The third-order valence-electron chi connectivity index (χ3n) is 3.78. The Kier molecular flexibility index (Phi) is 5.73. The fraction of sp³-hybridized carbons (Fsp3) is 0.158. The summed E-state index contributed by atoms with van der Waals surface area (Å²) in [5.74, 6) is 0.718. The average molecular weight is 453 g/mol. The molecule has 0 radical (unpaired) electrons. The Balaban J connectivity index is 1.80. The van der Waals surface area contributed by atoms with Crippen LogP contribution in [0.3, 0.4) is 0 Å². The highest BCUT2D eigenvalue weighted by Gasteiger charge is 2.30. The second kappa shape index (κ2) is 8.05. The van der Waals surface area contributed by atoms with Gasteiger partial charge < -0.3 is 10.5 Å². The number of imidazole rings is 1. The zero-order chi connectivity index (χ0) is 20.3. The maximum Gasteiger partial charge on any atom is 0.416 e. The molecule has 0 spiro atoms. The molecule has 0 aliphatic heterocycles. The van der Waals surface area contributed by atoms with Crippen LogP contribution in [-0.4, -0.2) is 15.9 Å². The topological polar surface area (TPSA) is 65.4 Å². The van der Waals surface area contributed by atoms with Crippen molar-refractivity contribution in [3.63, 3.8) is 0 Å². The lowest BCUT2D eigenvalue weighted by Gasteiger charge is -2.12. The molecule has 0 amide bonds. The van der Waals surface area contributed by atoms with Crippen molar-refractivity contribution in [1.29, 1.82) is 0 Å². The number of anilines is 1. The molecule has 9 heteroatoms. The minimum absolute atomic E-state index is 0.0152. The van der Waals surface area contributed by atoms with Crippen molar-refractivity contribution in [2.24, 2.45) is 5.10 Å². The molecule has 3 aromatic rings. The number of nitrogens with two attached hydrogens (primary N) is 1. The van der Waals surface area contributed by atoms with Crippen molar-refractivity contribution < 1.29 is 17.9 Å². The van der Waals surface area contributed by atoms with Crippen LogP contribution in [0.25, 0.3) is 0 Å². The van der Waals surface area contributed by atoms with Gasteiger partial charge in [-0.3, -0.25) is 0 Å². The zero-order valence-electron chi connectivity index (χ0n) is 14.7. The molecule has 0 aliphatic rings. The summed E-state index contributed by atoms with van der Waals surface area (Å²) in [6.45, 7) is 1.78. The van der Waals surface area contributed by atoms with Gasteiger partial charge in [0.2, 0.25) is 5.95 Å². The smallest absolute Gasteiger partial charge is 0.416 e. The van der Waals surface area contributed by atoms with Gasteiger partial charge >= 0.3 is 6.18 Å². The van der Waals surface area contributed by atoms with Crippen LogP contribution in [0, 0.1) is 6.92 Å². The van der Waals surface area contributed by atoms with E-state index in [-0.39, 0.29) is 12.6 Å². The highest BCUT2D eigenvalue weighted by molar-refractivity contribution is 9.10. The molecule has 28 heavy (non-hydrogen) atoms. The Hall–Kier alpha value is -2.81. The quantitative estimate of drug-likeness (QED) is 0.552. The normalized spacial score (nSPS) is 11.9. The van der Waals surface area contributed by atoms with Gasteiger partial charge in [-0.15, -0.1) is 0 Å². The predicted octanol–water partition coefficient (Wildman–Crippen LogP) is 5.02. The van der Waals surface area contributed by atoms with Crippen molar-refractivity contribution in [3.05, 3.63) is 75.5 Å². The fourth-order valence-corrected chi connectivity index (χ4v) is 2.85. The van der Waals surface area contributed by atoms with Crippen LogP contribution in [-0.2, 0) is 12.8 Å². The maximum absolute atomic E-state index is 12.9. The highest BCUT2D eigenvalue weighted by Crippen LogP contribution is 2.30. The monoisotopic (exact) mass is 452 g/mol. The molecule has 0 fully saturated rings. The summed E-state index contributed by atoms with van der Waals surface area (Å²) in [5, 5.41) is 4.25. The van der Waals surface area contributed by atoms with Gasteiger partial charge in [0.1, 0.15) is 12.4 Å². The summed E-state index contributed by atoms with van der Waals surface area (Å²) >= 11 is 3.38. The van der Waals surface area contributed by atoms with Crippen LogP contribution >= 0.6 is 15.9 Å². The Morgan fingerprint density at radius 3 is 2.71 bits per heavy atom. The fourth-order valence-electron chi connectivity index (χ4n) is 2.47. The number of benzene rings is 2. The van der Waals surface area contributed by atoms with E-state index >= 15 is 0 Å². The second-order valence-electron chi connectivity index (χ2n) is 6.00. The first-order valence-corrected chi connectivity index (χ1v) is 8.96. The number of rotatable bonds is 5. The van der Waals surface area contributed by atoms with Gasteiger partial charge in [-0.05, 0) is 42.8 Å². The van der Waals surface area contributed by atoms with Gasteiger partial charge in [0.05, 0.1) is 23.7 Å². The van der Waals surface area contributed by atoms with E-state index in [1.165, 1.54) is 10.7 Å². The number of ether oxygens (including phenoxy) is 1. The first-order valence-electron chi connectivity index (χ1n) is 8.16. The number of halogens is 4. The van der Waals surface area contributed by atoms with Crippen molar-refractivity contribution >= 4 is 28.1 Å². The molecule has 146 valence electrons. The van der Waals surface area contributed by atoms with E-state index in [0.717, 1.165) is 22.3 Å². The minimum Gasteiger partial charge on any atom is -0.488 e. The summed E-state index contributed by atoms with van der Waals surface area (Å²) in [5.41, 5.74) is 6.82. The Bertz CT molecular complexity index is 1010. The third-order valence-corrected chi connectivity index (χ3v) is 4.27. The third kappa shape index (κ3) is 4.92. The summed E-state index contributed by atoms with van der Waals surface area (Å²) in [6.07, 6.45) is -1.18. The summed E-state index contributed by atoms with van der Waals surface area (Å²) in [7, 11) is 0. The van der Waals surface area contributed by atoms with E-state index in [1.54, 1.807) is 43.6 Å². The van der Waals surface area contributed by atoms with Crippen molar-refractivity contribution in [2.75, 3.05) is 5.73 Å². The Morgan fingerprint density at radius 1 is 1.25 bits per heavy atom. The van der Waals surface area contributed by atoms with Gasteiger partial charge in [0.15, 0.2) is 0 Å². The van der Waals surface area contributed by atoms with Crippen LogP contribution < -0.4 is 10.5 Å². The first-order chi connectivity index (χ1) is 13.2. The molecule has 2 N–H and O–H groups in total. The van der Waals surface area contributed by atoms with E-state index in [0.29, 0.717) is 16.9 Å². The maximum atomic E-state index is 12.9. The van der Waals surface area contributed by atoms with E-state index in [4.69, 9.17) is 10.5 Å². The van der Waals surface area contributed by atoms with Gasteiger partial charge in [-0.25, -0.2) is 9.66 Å². The zero-order valence-corrected chi connectivity index (χ0v) is 16.3. The minimum atomic E-state index is -4.39. The number of alkyl halides is 3. The van der Waals surface area contributed by atoms with Gasteiger partial charge in [0.25, 0.3) is 0 Å². The number of hydrogen-bond acceptors (Lipinski definition) is 4. The summed E-state index contributed by atoms with van der Waals surface area (Å²) < 4.78 is 46.5. The molecule has 3 rings (SSSR count). The van der Waals surface area contributed by atoms with Crippen LogP contribution in [0.2, 0.25) is 0 Å². The first kappa shape index (κ1) is 19.9. The molecule has 0 atom stereocenters. The summed E-state index contributed by atoms with van der Waals surface area (Å²) in [6, 6.07) is 10.3. The standard InChI is InChI=1S/C19H16BrF3N4O/c1-12-10-27(18(24)26-12)25-9-14-8-16(20)5-6-17(14)28-11-13-3-2-4-15(7-13)19(21,22)23/h2-10H,11H2,1H3,(H2,24,26). The highest BCUT2D eigenvalue weighted by atomic mass is 79.9. The number of nitrogens with zero attached hydrogens (tertiary/aromatic N) is 3. The van der Waals surface area contributed by atoms with E-state index in [2.05, 4.69) is 26.0 Å². The molecular weight excluding hydrogens is 437 g/mol. The molecule has 1 heterocycles. The Labute approximate surface area is 167 Å². The molecular formula is C19H16BrF3N4O. The van der Waals surface area contributed by atoms with Crippen LogP contribution in [0.4, 0.5) is 19.1 Å². The lowest BCUT2D eigenvalue weighted by atomic mass is 10.1. The molecule has 0 unspecified atom stereocenters. The van der Waals surface area contributed by atoms with E-state index < -0.39 is 11.7 Å². The molecule has 0 saturated heterocycles. The van der Waals surface area contributed by atoms with Gasteiger partial charge in [-0.2, -0.15) is 18.3 Å². The van der Waals surface area contributed by atoms with Crippen molar-refractivity contribution in [2.45, 2.75) is 19.7 Å². The van der Waals surface area contributed by atoms with E-state index in [1.807, 2.05) is 0 Å². The predicted molar refractivity (Wildman–Crippen MR) is 104 cm³/mol. The SMILES string of the molecule is Cc1cn(N=Cc2cc(Br)ccc2OCc2cccc(C(F)(F)F)c2)c(N)n1. The molecule has 5 nitrogen and oxygen atoms in total. The number of aromatic nitrogens is 2. The summed E-state index contributed by atoms with van der Waals surface area (Å²) in [4.78, 5) is 4.06. The molecule has 2 aromatic carbocycles. The largest absolute Gasteiger partial charge is 0.488 e. The molecule has 1 aromatic heterocycles. The number of nitrogen functional groups attached to an aromatic ring is 1. The number of hydrogen-bond donors (Lipinski definition) is 1. The van der Waals surface area contributed by atoms with Crippen LogP contribution in [0.15, 0.2) is 58.2 Å². The lowest BCUT2D eigenvalue weighted by molar-refractivity contribution is -0.137. The van der Waals surface area contributed by atoms with Gasteiger partial charge in [0, 0.05) is 10.0 Å². The van der Waals surface area contributed by atoms with Crippen LogP contribution in [0.1, 0.15) is 22.4 Å². The van der Waals surface area contributed by atoms with E-state index in [9.17, 15) is 13.2 Å².